The van der Waals surface area contributed by atoms with E-state index in [1.807, 2.05) is 12.3 Å². The third kappa shape index (κ3) is 2.92. The summed E-state index contributed by atoms with van der Waals surface area (Å²) in [4.78, 5) is 17.6. The van der Waals surface area contributed by atoms with Crippen LogP contribution in [0.1, 0.15) is 22.1 Å². The van der Waals surface area contributed by atoms with Gasteiger partial charge >= 0.3 is 0 Å². The molecule has 0 saturated carbocycles. The van der Waals surface area contributed by atoms with Gasteiger partial charge in [-0.2, -0.15) is 16.9 Å². The van der Waals surface area contributed by atoms with Crippen LogP contribution in [-0.4, -0.2) is 39.3 Å². The largest absolute Gasteiger partial charge is 0.455 e. The SMILES string of the molecule is CSCc1ccc(C(=O)N(C)Cc2ncn[nH]2)o1. The van der Waals surface area contributed by atoms with Gasteiger partial charge in [-0.05, 0) is 18.4 Å². The number of rotatable bonds is 5. The Labute approximate surface area is 109 Å². The van der Waals surface area contributed by atoms with Crippen LogP contribution in [0.3, 0.4) is 0 Å². The summed E-state index contributed by atoms with van der Waals surface area (Å²) in [5, 5.41) is 6.45. The first-order valence-electron chi connectivity index (χ1n) is 5.38. The Morgan fingerprint density at radius 2 is 2.39 bits per heavy atom. The van der Waals surface area contributed by atoms with Crippen molar-refractivity contribution in [1.29, 1.82) is 0 Å². The first-order valence-corrected chi connectivity index (χ1v) is 6.77. The zero-order valence-electron chi connectivity index (χ0n) is 10.2. The standard InChI is InChI=1S/C11H14N4O2S/c1-15(5-10-12-7-13-14-10)11(16)9-4-3-8(17-9)6-18-2/h3-4,7H,5-6H2,1-2H3,(H,12,13,14). The van der Waals surface area contributed by atoms with Crippen molar-refractivity contribution in [3.05, 3.63) is 35.8 Å². The lowest BCUT2D eigenvalue weighted by atomic mass is 10.4. The summed E-state index contributed by atoms with van der Waals surface area (Å²) in [7, 11) is 1.70. The molecule has 2 aromatic heterocycles. The highest BCUT2D eigenvalue weighted by molar-refractivity contribution is 7.97. The summed E-state index contributed by atoms with van der Waals surface area (Å²) in [5.74, 6) is 2.39. The van der Waals surface area contributed by atoms with Crippen molar-refractivity contribution in [2.45, 2.75) is 12.3 Å². The molecular formula is C11H14N4O2S. The van der Waals surface area contributed by atoms with Gasteiger partial charge in [-0.1, -0.05) is 0 Å². The predicted molar refractivity (Wildman–Crippen MR) is 68.1 cm³/mol. The highest BCUT2D eigenvalue weighted by atomic mass is 32.2. The Hall–Kier alpha value is -1.76. The number of nitrogens with zero attached hydrogens (tertiary/aromatic N) is 3. The van der Waals surface area contributed by atoms with E-state index < -0.39 is 0 Å². The van der Waals surface area contributed by atoms with Crippen LogP contribution in [0.2, 0.25) is 0 Å². The van der Waals surface area contributed by atoms with Crippen LogP contribution in [0.4, 0.5) is 0 Å². The van der Waals surface area contributed by atoms with Crippen LogP contribution >= 0.6 is 11.8 Å². The van der Waals surface area contributed by atoms with E-state index in [2.05, 4.69) is 15.2 Å². The lowest BCUT2D eigenvalue weighted by Gasteiger charge is -2.13. The van der Waals surface area contributed by atoms with E-state index in [4.69, 9.17) is 4.42 Å². The van der Waals surface area contributed by atoms with Crippen molar-refractivity contribution >= 4 is 17.7 Å². The molecule has 0 aliphatic heterocycles. The Kier molecular flexibility index (Phi) is 4.03. The van der Waals surface area contributed by atoms with Gasteiger partial charge in [0.05, 0.1) is 12.3 Å². The van der Waals surface area contributed by atoms with Gasteiger partial charge < -0.3 is 9.32 Å². The lowest BCUT2D eigenvalue weighted by Crippen LogP contribution is -2.26. The maximum absolute atomic E-state index is 12.1. The highest BCUT2D eigenvalue weighted by Crippen LogP contribution is 2.15. The summed E-state index contributed by atoms with van der Waals surface area (Å²) < 4.78 is 5.47. The van der Waals surface area contributed by atoms with Gasteiger partial charge in [-0.3, -0.25) is 9.89 Å². The topological polar surface area (TPSA) is 75.0 Å². The molecule has 1 amide bonds. The summed E-state index contributed by atoms with van der Waals surface area (Å²) in [6.07, 6.45) is 3.40. The van der Waals surface area contributed by atoms with Gasteiger partial charge in [0.1, 0.15) is 17.9 Å². The van der Waals surface area contributed by atoms with Gasteiger partial charge in [0.25, 0.3) is 5.91 Å². The number of hydrogen-bond donors (Lipinski definition) is 1. The van der Waals surface area contributed by atoms with E-state index in [9.17, 15) is 4.79 Å². The monoisotopic (exact) mass is 266 g/mol. The second-order valence-corrected chi connectivity index (χ2v) is 4.66. The fourth-order valence-corrected chi connectivity index (χ4v) is 1.94. The molecule has 18 heavy (non-hydrogen) atoms. The van der Waals surface area contributed by atoms with Crippen molar-refractivity contribution in [2.24, 2.45) is 0 Å². The minimum Gasteiger partial charge on any atom is -0.455 e. The maximum atomic E-state index is 12.1. The van der Waals surface area contributed by atoms with E-state index in [-0.39, 0.29) is 5.91 Å². The number of hydrogen-bond acceptors (Lipinski definition) is 5. The molecule has 0 unspecified atom stereocenters. The van der Waals surface area contributed by atoms with E-state index in [1.165, 1.54) is 11.2 Å². The quantitative estimate of drug-likeness (QED) is 0.888. The number of carbonyl (C=O) groups excluding carboxylic acids is 1. The molecule has 7 heteroatoms. The van der Waals surface area contributed by atoms with E-state index >= 15 is 0 Å². The Morgan fingerprint density at radius 3 is 3.06 bits per heavy atom. The van der Waals surface area contributed by atoms with Gasteiger partial charge in [-0.25, -0.2) is 4.98 Å². The molecule has 2 rings (SSSR count). The number of nitrogens with one attached hydrogen (secondary N) is 1. The zero-order valence-corrected chi connectivity index (χ0v) is 11.0. The Balaban J connectivity index is 2.01. The number of amides is 1. The van der Waals surface area contributed by atoms with E-state index in [1.54, 1.807) is 24.9 Å². The summed E-state index contributed by atoms with van der Waals surface area (Å²) in [6, 6.07) is 3.52. The van der Waals surface area contributed by atoms with Gasteiger partial charge in [0.15, 0.2) is 5.76 Å². The van der Waals surface area contributed by atoms with Crippen molar-refractivity contribution in [1.82, 2.24) is 20.1 Å². The number of carbonyl (C=O) groups is 1. The lowest BCUT2D eigenvalue weighted by molar-refractivity contribution is 0.0748. The molecule has 0 aliphatic carbocycles. The Bertz CT molecular complexity index is 509. The zero-order chi connectivity index (χ0) is 13.0. The normalized spacial score (nSPS) is 10.6. The molecule has 0 atom stereocenters. The smallest absolute Gasteiger partial charge is 0.289 e. The minimum absolute atomic E-state index is 0.168. The van der Waals surface area contributed by atoms with Crippen molar-refractivity contribution in [3.8, 4) is 0 Å². The van der Waals surface area contributed by atoms with Crippen LogP contribution in [0, 0.1) is 0 Å². The third-order valence-electron chi connectivity index (χ3n) is 2.36. The molecule has 6 nitrogen and oxygen atoms in total. The molecule has 0 aromatic carbocycles. The van der Waals surface area contributed by atoms with Crippen LogP contribution < -0.4 is 0 Å². The van der Waals surface area contributed by atoms with Gasteiger partial charge in [-0.15, -0.1) is 0 Å². The van der Waals surface area contributed by atoms with E-state index in [0.29, 0.717) is 18.1 Å². The Morgan fingerprint density at radius 1 is 1.56 bits per heavy atom. The van der Waals surface area contributed by atoms with Crippen molar-refractivity contribution in [2.75, 3.05) is 13.3 Å². The van der Waals surface area contributed by atoms with E-state index in [0.717, 1.165) is 11.5 Å². The number of furan rings is 1. The average molecular weight is 266 g/mol. The molecule has 0 fully saturated rings. The van der Waals surface area contributed by atoms with Crippen LogP contribution in [0.25, 0.3) is 0 Å². The summed E-state index contributed by atoms with van der Waals surface area (Å²) in [6.45, 7) is 0.372. The highest BCUT2D eigenvalue weighted by Gasteiger charge is 2.16. The molecule has 0 radical (unpaired) electrons. The van der Waals surface area contributed by atoms with Gasteiger partial charge in [0.2, 0.25) is 0 Å². The van der Waals surface area contributed by atoms with Crippen LogP contribution in [-0.2, 0) is 12.3 Å². The fraction of sp³-hybridized carbons (Fsp3) is 0.364. The summed E-state index contributed by atoms with van der Waals surface area (Å²) in [5.41, 5.74) is 0. The molecular weight excluding hydrogens is 252 g/mol. The molecule has 0 spiro atoms. The minimum atomic E-state index is -0.168. The van der Waals surface area contributed by atoms with Crippen LogP contribution in [0.15, 0.2) is 22.9 Å². The van der Waals surface area contributed by atoms with Gasteiger partial charge in [0, 0.05) is 7.05 Å². The predicted octanol–water partition coefficient (Wildman–Crippen LogP) is 1.53. The molecule has 0 aliphatic rings. The number of aromatic nitrogens is 3. The maximum Gasteiger partial charge on any atom is 0.289 e. The molecule has 1 N–H and O–H groups in total. The summed E-state index contributed by atoms with van der Waals surface area (Å²) >= 11 is 1.65. The second kappa shape index (κ2) is 5.72. The second-order valence-electron chi connectivity index (χ2n) is 3.79. The third-order valence-corrected chi connectivity index (χ3v) is 2.93. The number of thioether (sulfide) groups is 1. The molecule has 2 aromatic rings. The molecule has 0 saturated heterocycles. The molecule has 96 valence electrons. The first kappa shape index (κ1) is 12.7. The van der Waals surface area contributed by atoms with Crippen LogP contribution in [0.5, 0.6) is 0 Å². The average Bonchev–Trinajstić information content (AvgIpc) is 3.00. The molecule has 2 heterocycles. The fourth-order valence-electron chi connectivity index (χ4n) is 1.50. The first-order chi connectivity index (χ1) is 8.70. The molecule has 0 bridgehead atoms. The van der Waals surface area contributed by atoms with Crippen molar-refractivity contribution in [3.63, 3.8) is 0 Å². The number of aromatic amines is 1. The van der Waals surface area contributed by atoms with Crippen molar-refractivity contribution < 1.29 is 9.21 Å². The number of H-pyrrole nitrogens is 1.